The van der Waals surface area contributed by atoms with Gasteiger partial charge in [-0.15, -0.1) is 0 Å². The van der Waals surface area contributed by atoms with E-state index in [1.165, 1.54) is 18.5 Å². The highest BCUT2D eigenvalue weighted by atomic mass is 127. The largest absolute Gasteiger partial charge is 0.417 e. The SMILES string of the molecule is CN1I=C(c2ncc(Cl)cc2NS(=O)(=O)c2ccc(Cl)c(C(F)(F)F)c2)N(c2ccon2)C1C(=O)N1CCOCC1. The number of halogens is 6. The molecule has 11 nitrogen and oxygen atoms in total. The quantitative estimate of drug-likeness (QED) is 0.293. The number of amides is 1. The van der Waals surface area contributed by atoms with Crippen molar-refractivity contribution in [2.45, 2.75) is 17.2 Å². The molecule has 2 aromatic heterocycles. The van der Waals surface area contributed by atoms with Crippen LogP contribution in [0.3, 0.4) is 0 Å². The molecule has 4 heterocycles. The molecule has 2 aliphatic heterocycles. The summed E-state index contributed by atoms with van der Waals surface area (Å²) in [7, 11) is -2.82. The maximum absolute atomic E-state index is 13.7. The number of likely N-dealkylation sites (N-methyl/N-ethyl adjacent to an activating group) is 1. The lowest BCUT2D eigenvalue weighted by molar-refractivity contribution is -0.138. The third kappa shape index (κ3) is 6.17. The smallest absolute Gasteiger partial charge is 0.378 e. The standard InChI is InChI=1S/C23H20Cl2F3IN6O5S/c1-33-21(22(36)34-5-8-39-9-6-34)35(18-4-7-40-31-18)20(29-33)19-17(10-13(24)12-30-19)32-41(37,38)14-2-3-16(25)15(11-14)23(26,27)28/h2-4,7,10-12,21,32H,5-6,8-9H2,1H3. The fourth-order valence-corrected chi connectivity index (χ4v) is 8.51. The van der Waals surface area contributed by atoms with Crippen molar-refractivity contribution in [3.8, 4) is 0 Å². The fourth-order valence-electron chi connectivity index (χ4n) is 4.17. The third-order valence-electron chi connectivity index (χ3n) is 6.07. The van der Waals surface area contributed by atoms with Crippen LogP contribution in [0, 0.1) is 0 Å². The van der Waals surface area contributed by atoms with E-state index in [2.05, 4.69) is 14.9 Å². The van der Waals surface area contributed by atoms with Gasteiger partial charge in [-0.3, -0.25) is 19.4 Å². The zero-order valence-electron chi connectivity index (χ0n) is 20.9. The van der Waals surface area contributed by atoms with Gasteiger partial charge in [0, 0.05) is 25.4 Å². The molecule has 3 aromatic rings. The van der Waals surface area contributed by atoms with Gasteiger partial charge in [-0.05, 0) is 52.3 Å². The van der Waals surface area contributed by atoms with Crippen LogP contribution in [0.2, 0.25) is 10.0 Å². The van der Waals surface area contributed by atoms with Crippen LogP contribution < -0.4 is 9.62 Å². The summed E-state index contributed by atoms with van der Waals surface area (Å²) in [5.41, 5.74) is -1.27. The number of hydrogen-bond donors (Lipinski definition) is 1. The molecule has 1 fully saturated rings. The number of anilines is 2. The molecule has 1 atom stereocenters. The zero-order valence-corrected chi connectivity index (χ0v) is 25.4. The summed E-state index contributed by atoms with van der Waals surface area (Å²) >= 11 is 10.7. The molecular formula is C23H20Cl2F3IN6O5S. The van der Waals surface area contributed by atoms with Crippen molar-refractivity contribution < 1.29 is 35.6 Å². The molecule has 1 unspecified atom stereocenters. The number of nitrogens with one attached hydrogen (secondary N) is 1. The molecule has 0 bridgehead atoms. The number of aromatic nitrogens is 2. The van der Waals surface area contributed by atoms with Gasteiger partial charge in [-0.25, -0.2) is 11.5 Å². The Morgan fingerprint density at radius 2 is 1.90 bits per heavy atom. The highest BCUT2D eigenvalue weighted by molar-refractivity contribution is 14.2. The normalized spacial score (nSPS) is 18.7. The first-order chi connectivity index (χ1) is 19.4. The minimum atomic E-state index is -4.87. The number of morpholine rings is 1. The Hall–Kier alpha value is -2.51. The van der Waals surface area contributed by atoms with Crippen molar-refractivity contribution in [1.82, 2.24) is 18.2 Å². The second-order valence-electron chi connectivity index (χ2n) is 8.73. The maximum atomic E-state index is 13.7. The van der Waals surface area contributed by atoms with Crippen LogP contribution in [0.15, 0.2) is 52.2 Å². The minimum absolute atomic E-state index is 0.0672. The van der Waals surface area contributed by atoms with Gasteiger partial charge >= 0.3 is 6.18 Å². The van der Waals surface area contributed by atoms with Gasteiger partial charge in [0.2, 0.25) is 0 Å². The van der Waals surface area contributed by atoms with Crippen LogP contribution in [0.25, 0.3) is 0 Å². The summed E-state index contributed by atoms with van der Waals surface area (Å²) < 4.78 is 81.9. The van der Waals surface area contributed by atoms with Crippen molar-refractivity contribution >= 4 is 75.3 Å². The lowest BCUT2D eigenvalue weighted by Gasteiger charge is -2.34. The molecule has 0 saturated carbocycles. The number of hydrogen-bond acceptors (Lipinski definition) is 9. The highest BCUT2D eigenvalue weighted by Gasteiger charge is 2.43. The van der Waals surface area contributed by atoms with Crippen LogP contribution in [-0.2, 0) is 25.7 Å². The van der Waals surface area contributed by atoms with Crippen molar-refractivity contribution in [2.24, 2.45) is 0 Å². The van der Waals surface area contributed by atoms with Crippen LogP contribution in [0.4, 0.5) is 24.7 Å². The first kappa shape index (κ1) is 30.0. The van der Waals surface area contributed by atoms with E-state index in [0.717, 1.165) is 12.1 Å². The number of carbonyl (C=O) groups is 1. The van der Waals surface area contributed by atoms with Gasteiger partial charge in [0.1, 0.15) is 15.6 Å². The van der Waals surface area contributed by atoms with Crippen molar-refractivity contribution in [1.29, 1.82) is 0 Å². The zero-order chi connectivity index (χ0) is 29.5. The number of nitrogens with zero attached hydrogens (tertiary/aromatic N) is 5. The molecule has 1 N–H and O–H groups in total. The van der Waals surface area contributed by atoms with E-state index < -0.39 is 58.9 Å². The number of pyridine rings is 1. The van der Waals surface area contributed by atoms with Crippen LogP contribution >= 0.6 is 44.2 Å². The van der Waals surface area contributed by atoms with E-state index in [1.807, 2.05) is 3.11 Å². The number of alkyl halides is 3. The second-order valence-corrected chi connectivity index (χ2v) is 14.3. The summed E-state index contributed by atoms with van der Waals surface area (Å²) in [6, 6.07) is 5.10. The highest BCUT2D eigenvalue weighted by Crippen LogP contribution is 2.38. The number of sulfonamides is 1. The average molecular weight is 747 g/mol. The summed E-state index contributed by atoms with van der Waals surface area (Å²) in [4.78, 5) is 20.6. The Balaban J connectivity index is 1.55. The number of carbonyl (C=O) groups excluding carboxylic acids is 1. The molecule has 0 radical (unpaired) electrons. The Labute approximate surface area is 252 Å². The molecule has 41 heavy (non-hydrogen) atoms. The van der Waals surface area contributed by atoms with Crippen LogP contribution in [-0.4, -0.2) is 75.6 Å². The Morgan fingerprint density at radius 1 is 1.17 bits per heavy atom. The summed E-state index contributed by atoms with van der Waals surface area (Å²) in [5, 5.41) is 3.43. The van der Waals surface area contributed by atoms with E-state index >= 15 is 0 Å². The molecule has 0 aliphatic carbocycles. The summed E-state index contributed by atoms with van der Waals surface area (Å²) in [6.45, 7) is 1.58. The number of ether oxygens (including phenoxy) is 1. The van der Waals surface area contributed by atoms with Crippen LogP contribution in [0.5, 0.6) is 0 Å². The second kappa shape index (κ2) is 11.6. The van der Waals surface area contributed by atoms with E-state index in [0.29, 0.717) is 36.0 Å². The lowest BCUT2D eigenvalue weighted by Crippen LogP contribution is -2.55. The predicted molar refractivity (Wildman–Crippen MR) is 153 cm³/mol. The average Bonchev–Trinajstić information content (AvgIpc) is 3.56. The Bertz CT molecular complexity index is 1600. The first-order valence-electron chi connectivity index (χ1n) is 11.7. The molecular weight excluding hydrogens is 727 g/mol. The number of rotatable bonds is 6. The molecule has 1 aromatic carbocycles. The molecule has 220 valence electrons. The van der Waals surface area contributed by atoms with Gasteiger partial charge in [-0.1, -0.05) is 28.4 Å². The van der Waals surface area contributed by atoms with Crippen LogP contribution in [0.1, 0.15) is 11.3 Å². The Kier molecular flexibility index (Phi) is 8.51. The van der Waals surface area contributed by atoms with E-state index in [4.69, 9.17) is 32.5 Å². The molecule has 2 aliphatic rings. The fraction of sp³-hybridized carbons (Fsp3) is 0.304. The first-order valence-corrected chi connectivity index (χ1v) is 16.0. The van der Waals surface area contributed by atoms with Gasteiger partial charge in [0.05, 0.1) is 39.4 Å². The Morgan fingerprint density at radius 3 is 2.56 bits per heavy atom. The molecule has 0 spiro atoms. The third-order valence-corrected chi connectivity index (χ3v) is 10.7. The molecule has 5 rings (SSSR count). The number of benzene rings is 1. The van der Waals surface area contributed by atoms with Gasteiger partial charge in [0.15, 0.2) is 12.0 Å². The molecule has 1 amide bonds. The van der Waals surface area contributed by atoms with Crippen molar-refractivity contribution in [3.63, 3.8) is 0 Å². The molecule has 18 heteroatoms. The van der Waals surface area contributed by atoms with Crippen molar-refractivity contribution in [2.75, 3.05) is 43.0 Å². The van der Waals surface area contributed by atoms with Gasteiger partial charge in [0.25, 0.3) is 15.9 Å². The topological polar surface area (TPSA) is 121 Å². The molecule has 1 saturated heterocycles. The monoisotopic (exact) mass is 746 g/mol. The minimum Gasteiger partial charge on any atom is -0.378 e. The summed E-state index contributed by atoms with van der Waals surface area (Å²) in [6.07, 6.45) is -3.08. The van der Waals surface area contributed by atoms with E-state index in [-0.39, 0.29) is 28.1 Å². The van der Waals surface area contributed by atoms with Gasteiger partial charge in [-0.2, -0.15) is 13.2 Å². The van der Waals surface area contributed by atoms with E-state index in [1.54, 1.807) is 22.9 Å². The lowest BCUT2D eigenvalue weighted by atomic mass is 10.2. The van der Waals surface area contributed by atoms with Crippen molar-refractivity contribution in [3.05, 3.63) is 64.1 Å². The van der Waals surface area contributed by atoms with E-state index in [9.17, 15) is 26.4 Å². The predicted octanol–water partition coefficient (Wildman–Crippen LogP) is 4.20. The summed E-state index contributed by atoms with van der Waals surface area (Å²) in [5.74, 6) is 0.0687. The maximum Gasteiger partial charge on any atom is 0.417 e. The van der Waals surface area contributed by atoms with Gasteiger partial charge < -0.3 is 14.2 Å².